The minimum Gasteiger partial charge on any atom is -0.507 e. The molecule has 162 valence electrons. The molecule has 1 fully saturated rings. The van der Waals surface area contributed by atoms with Gasteiger partial charge in [0.15, 0.2) is 0 Å². The molecule has 2 aromatic carbocycles. The second-order valence-corrected chi connectivity index (χ2v) is 7.13. The van der Waals surface area contributed by atoms with Gasteiger partial charge >= 0.3 is 5.91 Å². The van der Waals surface area contributed by atoms with Crippen LogP contribution in [0.25, 0.3) is 5.76 Å². The molecule has 1 aliphatic rings. The van der Waals surface area contributed by atoms with E-state index in [2.05, 4.69) is 4.98 Å². The highest BCUT2D eigenvalue weighted by molar-refractivity contribution is 6.51. The van der Waals surface area contributed by atoms with E-state index in [1.807, 2.05) is 0 Å². The number of halogens is 1. The zero-order valence-electron chi connectivity index (χ0n) is 17.0. The van der Waals surface area contributed by atoms with Crippen LogP contribution in [0.15, 0.2) is 72.4 Å². The van der Waals surface area contributed by atoms with Gasteiger partial charge in [0.1, 0.15) is 23.1 Å². The van der Waals surface area contributed by atoms with Crippen LogP contribution < -0.4 is 9.64 Å². The molecule has 1 amide bonds. The molecule has 0 radical (unpaired) electrons. The van der Waals surface area contributed by atoms with Crippen molar-refractivity contribution in [2.75, 3.05) is 12.0 Å². The summed E-state index contributed by atoms with van der Waals surface area (Å²) in [6.07, 6.45) is 1.39. The summed E-state index contributed by atoms with van der Waals surface area (Å²) in [7, 11) is 1.50. The lowest BCUT2D eigenvalue weighted by molar-refractivity contribution is -0.132. The Bertz CT molecular complexity index is 1190. The summed E-state index contributed by atoms with van der Waals surface area (Å²) < 4.78 is 18.7. The molecule has 1 saturated heterocycles. The summed E-state index contributed by atoms with van der Waals surface area (Å²) in [6.45, 7) is -0.231. The van der Waals surface area contributed by atoms with Gasteiger partial charge in [-0.3, -0.25) is 14.5 Å². The first kappa shape index (κ1) is 21.2. The predicted octanol–water partition coefficient (Wildman–Crippen LogP) is 3.35. The third kappa shape index (κ3) is 3.72. The number of aliphatic hydroxyl groups excluding tert-OH is 2. The van der Waals surface area contributed by atoms with Crippen molar-refractivity contribution >= 4 is 23.3 Å². The highest BCUT2D eigenvalue weighted by Crippen LogP contribution is 2.41. The third-order valence-corrected chi connectivity index (χ3v) is 5.23. The Balaban J connectivity index is 1.89. The topological polar surface area (TPSA) is 100.0 Å². The van der Waals surface area contributed by atoms with E-state index < -0.39 is 23.5 Å². The van der Waals surface area contributed by atoms with Crippen molar-refractivity contribution in [2.24, 2.45) is 0 Å². The van der Waals surface area contributed by atoms with Crippen LogP contribution in [-0.2, 0) is 16.2 Å². The lowest BCUT2D eigenvalue weighted by atomic mass is 9.95. The summed E-state index contributed by atoms with van der Waals surface area (Å²) >= 11 is 0. The fourth-order valence-electron chi connectivity index (χ4n) is 3.59. The quantitative estimate of drug-likeness (QED) is 0.363. The number of benzene rings is 2. The molecule has 7 nitrogen and oxygen atoms in total. The van der Waals surface area contributed by atoms with Crippen molar-refractivity contribution in [2.45, 2.75) is 12.6 Å². The molecule has 1 unspecified atom stereocenters. The van der Waals surface area contributed by atoms with Crippen molar-refractivity contribution in [3.8, 4) is 5.75 Å². The molecular weight excluding hydrogens is 415 g/mol. The molecular formula is C24H19FN2O5. The Hall–Kier alpha value is -4.04. The summed E-state index contributed by atoms with van der Waals surface area (Å²) in [6, 6.07) is 13.7. The molecule has 1 aliphatic heterocycles. The molecule has 0 saturated carbocycles. The number of ketones is 1. The maximum atomic E-state index is 13.6. The smallest absolute Gasteiger partial charge is 0.301 e. The largest absolute Gasteiger partial charge is 0.507 e. The molecule has 1 aromatic heterocycles. The molecule has 32 heavy (non-hydrogen) atoms. The molecule has 8 heteroatoms. The number of pyridine rings is 1. The fourth-order valence-corrected chi connectivity index (χ4v) is 3.59. The second-order valence-electron chi connectivity index (χ2n) is 7.13. The zero-order valence-corrected chi connectivity index (χ0v) is 17.0. The van der Waals surface area contributed by atoms with Crippen molar-refractivity contribution in [1.82, 2.24) is 4.98 Å². The van der Waals surface area contributed by atoms with Gasteiger partial charge in [-0.2, -0.15) is 0 Å². The number of aliphatic hydroxyl groups is 2. The number of nitrogens with zero attached hydrogens (tertiary/aromatic N) is 2. The van der Waals surface area contributed by atoms with Crippen LogP contribution >= 0.6 is 0 Å². The molecule has 0 aliphatic carbocycles. The standard InChI is InChI=1S/C24H19FN2O5/c1-32-18-9-5-16(6-10-18)22(29)20-21(15-3-7-17(25)8-4-15)27(24(31)23(20)30)19-11-2-14(13-28)12-26-19/h2-12,21,28-29H,13H2,1H3/b22-20-. The van der Waals surface area contributed by atoms with E-state index in [0.717, 1.165) is 4.90 Å². The average Bonchev–Trinajstić information content (AvgIpc) is 3.09. The minimum atomic E-state index is -1.02. The summed E-state index contributed by atoms with van der Waals surface area (Å²) in [4.78, 5) is 31.4. The molecule has 1 atom stereocenters. The summed E-state index contributed by atoms with van der Waals surface area (Å²) in [5.74, 6) is -1.89. The Labute approximate surface area is 183 Å². The van der Waals surface area contributed by atoms with Crippen molar-refractivity contribution in [3.63, 3.8) is 0 Å². The van der Waals surface area contributed by atoms with Crippen LogP contribution in [0.5, 0.6) is 5.75 Å². The van der Waals surface area contributed by atoms with E-state index >= 15 is 0 Å². The van der Waals surface area contributed by atoms with E-state index in [1.165, 1.54) is 43.6 Å². The Morgan fingerprint density at radius 3 is 2.31 bits per heavy atom. The maximum Gasteiger partial charge on any atom is 0.301 e. The van der Waals surface area contributed by atoms with Gasteiger partial charge in [0.05, 0.1) is 25.3 Å². The van der Waals surface area contributed by atoms with Crippen LogP contribution in [-0.4, -0.2) is 34.0 Å². The first-order valence-electron chi connectivity index (χ1n) is 9.71. The first-order chi connectivity index (χ1) is 15.4. The van der Waals surface area contributed by atoms with Gasteiger partial charge in [0.2, 0.25) is 0 Å². The Morgan fingerprint density at radius 2 is 1.75 bits per heavy atom. The predicted molar refractivity (Wildman–Crippen MR) is 114 cm³/mol. The number of carbonyl (C=O) groups excluding carboxylic acids is 2. The highest BCUT2D eigenvalue weighted by Gasteiger charge is 2.47. The first-order valence-corrected chi connectivity index (χ1v) is 9.71. The van der Waals surface area contributed by atoms with Gasteiger partial charge in [0.25, 0.3) is 5.78 Å². The van der Waals surface area contributed by atoms with Crippen LogP contribution in [0, 0.1) is 5.82 Å². The van der Waals surface area contributed by atoms with Crippen LogP contribution in [0.3, 0.4) is 0 Å². The SMILES string of the molecule is COc1ccc(/C(O)=C2/C(=O)C(=O)N(c3ccc(CO)cn3)C2c2ccc(F)cc2)cc1. The number of anilines is 1. The normalized spacial score (nSPS) is 17.6. The Kier molecular flexibility index (Phi) is 5.70. The van der Waals surface area contributed by atoms with E-state index in [-0.39, 0.29) is 23.8 Å². The van der Waals surface area contributed by atoms with E-state index in [1.54, 1.807) is 30.3 Å². The van der Waals surface area contributed by atoms with Crippen molar-refractivity contribution < 1.29 is 28.9 Å². The molecule has 0 spiro atoms. The number of carbonyl (C=O) groups is 2. The van der Waals surface area contributed by atoms with Crippen molar-refractivity contribution in [3.05, 3.63) is 94.9 Å². The number of amides is 1. The van der Waals surface area contributed by atoms with Crippen LogP contribution in [0.2, 0.25) is 0 Å². The van der Waals surface area contributed by atoms with Gasteiger partial charge < -0.3 is 14.9 Å². The number of aromatic nitrogens is 1. The monoisotopic (exact) mass is 434 g/mol. The second kappa shape index (κ2) is 8.60. The zero-order chi connectivity index (χ0) is 22.8. The fraction of sp³-hybridized carbons (Fsp3) is 0.125. The third-order valence-electron chi connectivity index (χ3n) is 5.23. The molecule has 0 bridgehead atoms. The molecule has 3 aromatic rings. The van der Waals surface area contributed by atoms with Crippen molar-refractivity contribution in [1.29, 1.82) is 0 Å². The minimum absolute atomic E-state index is 0.139. The lowest BCUT2D eigenvalue weighted by Crippen LogP contribution is -2.30. The van der Waals surface area contributed by atoms with Gasteiger partial charge in [-0.15, -0.1) is 0 Å². The number of rotatable bonds is 5. The van der Waals surface area contributed by atoms with Crippen LogP contribution in [0.1, 0.15) is 22.7 Å². The summed E-state index contributed by atoms with van der Waals surface area (Å²) in [5, 5.41) is 20.3. The molecule has 2 heterocycles. The van der Waals surface area contributed by atoms with Gasteiger partial charge in [-0.25, -0.2) is 9.37 Å². The molecule has 2 N–H and O–H groups in total. The van der Waals surface area contributed by atoms with E-state index in [9.17, 15) is 24.2 Å². The number of Topliss-reactive ketones (excluding diaryl/α,β-unsaturated/α-hetero) is 1. The van der Waals surface area contributed by atoms with E-state index in [0.29, 0.717) is 22.4 Å². The summed E-state index contributed by atoms with van der Waals surface area (Å²) in [5.41, 5.74) is 1.13. The lowest BCUT2D eigenvalue weighted by Gasteiger charge is -2.24. The van der Waals surface area contributed by atoms with Gasteiger partial charge in [-0.05, 0) is 53.6 Å². The average molecular weight is 434 g/mol. The maximum absolute atomic E-state index is 13.6. The number of hydrogen-bond donors (Lipinski definition) is 2. The highest BCUT2D eigenvalue weighted by atomic mass is 19.1. The number of ether oxygens (including phenoxy) is 1. The van der Waals surface area contributed by atoms with E-state index in [4.69, 9.17) is 4.74 Å². The van der Waals surface area contributed by atoms with Gasteiger partial charge in [-0.1, -0.05) is 18.2 Å². The number of methoxy groups -OCH3 is 1. The van der Waals surface area contributed by atoms with Crippen LogP contribution in [0.4, 0.5) is 10.2 Å². The Morgan fingerprint density at radius 1 is 1.06 bits per heavy atom. The molecule has 4 rings (SSSR count). The number of hydrogen-bond acceptors (Lipinski definition) is 6. The van der Waals surface area contributed by atoms with Gasteiger partial charge in [0, 0.05) is 11.8 Å².